The molecule has 0 radical (unpaired) electrons. The zero-order chi connectivity index (χ0) is 11.9. The Kier molecular flexibility index (Phi) is 4.76. The summed E-state index contributed by atoms with van der Waals surface area (Å²) in [5, 5.41) is 3.43. The van der Waals surface area contributed by atoms with Gasteiger partial charge in [-0.05, 0) is 19.0 Å². The molecular weight excluding hydrogens is 214 g/mol. The fourth-order valence-electron chi connectivity index (χ4n) is 2.03. The lowest BCUT2D eigenvalue weighted by atomic mass is 10.2. The standard InChI is InChI=1S/C13H21N3O/c1-2-5-14-11-12-4-3-6-15-13(12)16-7-9-17-10-8-16/h3-4,6,14H,2,5,7-11H2,1H3. The van der Waals surface area contributed by atoms with Crippen LogP contribution in [0.25, 0.3) is 0 Å². The normalized spacial score (nSPS) is 16.2. The predicted molar refractivity (Wildman–Crippen MR) is 69.3 cm³/mol. The highest BCUT2D eigenvalue weighted by molar-refractivity contribution is 5.46. The zero-order valence-corrected chi connectivity index (χ0v) is 10.5. The molecule has 1 aromatic heterocycles. The lowest BCUT2D eigenvalue weighted by Crippen LogP contribution is -2.37. The maximum Gasteiger partial charge on any atom is 0.133 e. The topological polar surface area (TPSA) is 37.4 Å². The number of nitrogens with one attached hydrogen (secondary N) is 1. The van der Waals surface area contributed by atoms with Crippen LogP contribution in [0, 0.1) is 0 Å². The van der Waals surface area contributed by atoms with E-state index in [4.69, 9.17) is 4.74 Å². The van der Waals surface area contributed by atoms with Crippen molar-refractivity contribution in [2.45, 2.75) is 19.9 Å². The van der Waals surface area contributed by atoms with Crippen LogP contribution in [-0.4, -0.2) is 37.8 Å². The lowest BCUT2D eigenvalue weighted by Gasteiger charge is -2.29. The summed E-state index contributed by atoms with van der Waals surface area (Å²) in [5.74, 6) is 1.11. The van der Waals surface area contributed by atoms with Gasteiger partial charge in [0.15, 0.2) is 0 Å². The van der Waals surface area contributed by atoms with Gasteiger partial charge in [0.05, 0.1) is 13.2 Å². The minimum absolute atomic E-state index is 0.804. The average molecular weight is 235 g/mol. The van der Waals surface area contributed by atoms with Crippen LogP contribution in [0.3, 0.4) is 0 Å². The molecular formula is C13H21N3O. The fraction of sp³-hybridized carbons (Fsp3) is 0.615. The minimum atomic E-state index is 0.804. The number of hydrogen-bond donors (Lipinski definition) is 1. The number of anilines is 1. The number of morpholine rings is 1. The van der Waals surface area contributed by atoms with Crippen molar-refractivity contribution in [2.24, 2.45) is 0 Å². The van der Waals surface area contributed by atoms with Crippen molar-refractivity contribution in [3.63, 3.8) is 0 Å². The Bertz CT molecular complexity index is 337. The Morgan fingerprint density at radius 1 is 1.41 bits per heavy atom. The molecule has 94 valence electrons. The Morgan fingerprint density at radius 3 is 3.00 bits per heavy atom. The van der Waals surface area contributed by atoms with Gasteiger partial charge in [-0.3, -0.25) is 0 Å². The zero-order valence-electron chi connectivity index (χ0n) is 10.5. The molecule has 0 bridgehead atoms. The molecule has 1 fully saturated rings. The van der Waals surface area contributed by atoms with Crippen LogP contribution in [0.2, 0.25) is 0 Å². The predicted octanol–water partition coefficient (Wildman–Crippen LogP) is 1.42. The summed E-state index contributed by atoms with van der Waals surface area (Å²) in [4.78, 5) is 6.82. The third-order valence-electron chi connectivity index (χ3n) is 2.92. The SMILES string of the molecule is CCCNCc1cccnc1N1CCOCC1. The second-order valence-electron chi connectivity index (χ2n) is 4.26. The maximum absolute atomic E-state index is 5.37. The first-order valence-electron chi connectivity index (χ1n) is 6.39. The van der Waals surface area contributed by atoms with Gasteiger partial charge in [-0.25, -0.2) is 4.98 Å². The number of hydrogen-bond acceptors (Lipinski definition) is 4. The number of pyridine rings is 1. The number of nitrogens with zero attached hydrogens (tertiary/aromatic N) is 2. The van der Waals surface area contributed by atoms with Gasteiger partial charge in [0.2, 0.25) is 0 Å². The molecule has 1 N–H and O–H groups in total. The molecule has 0 aromatic carbocycles. The highest BCUT2D eigenvalue weighted by Gasteiger charge is 2.15. The highest BCUT2D eigenvalue weighted by Crippen LogP contribution is 2.18. The van der Waals surface area contributed by atoms with Gasteiger partial charge in [0.1, 0.15) is 5.82 Å². The van der Waals surface area contributed by atoms with Gasteiger partial charge in [-0.15, -0.1) is 0 Å². The largest absolute Gasteiger partial charge is 0.378 e. The molecule has 0 spiro atoms. The molecule has 0 amide bonds. The van der Waals surface area contributed by atoms with E-state index < -0.39 is 0 Å². The van der Waals surface area contributed by atoms with E-state index in [0.717, 1.165) is 51.6 Å². The average Bonchev–Trinajstić information content (AvgIpc) is 2.41. The third-order valence-corrected chi connectivity index (χ3v) is 2.92. The van der Waals surface area contributed by atoms with Gasteiger partial charge < -0.3 is 15.0 Å². The van der Waals surface area contributed by atoms with E-state index in [1.165, 1.54) is 5.56 Å². The van der Waals surface area contributed by atoms with Crippen LogP contribution in [0.4, 0.5) is 5.82 Å². The highest BCUT2D eigenvalue weighted by atomic mass is 16.5. The molecule has 0 unspecified atom stereocenters. The molecule has 0 aliphatic carbocycles. The van der Waals surface area contributed by atoms with Crippen molar-refractivity contribution < 1.29 is 4.74 Å². The monoisotopic (exact) mass is 235 g/mol. The first-order valence-corrected chi connectivity index (χ1v) is 6.39. The molecule has 1 aliphatic heterocycles. The summed E-state index contributed by atoms with van der Waals surface area (Å²) < 4.78 is 5.37. The van der Waals surface area contributed by atoms with Gasteiger partial charge in [0, 0.05) is 31.4 Å². The van der Waals surface area contributed by atoms with Gasteiger partial charge in [0.25, 0.3) is 0 Å². The first-order chi connectivity index (χ1) is 8.42. The molecule has 0 atom stereocenters. The summed E-state index contributed by atoms with van der Waals surface area (Å²) in [6, 6.07) is 4.16. The summed E-state index contributed by atoms with van der Waals surface area (Å²) in [6.07, 6.45) is 3.03. The maximum atomic E-state index is 5.37. The second kappa shape index (κ2) is 6.57. The van der Waals surface area contributed by atoms with Crippen LogP contribution in [-0.2, 0) is 11.3 Å². The number of aromatic nitrogens is 1. The van der Waals surface area contributed by atoms with Crippen molar-refractivity contribution in [3.05, 3.63) is 23.9 Å². The number of rotatable bonds is 5. The molecule has 4 nitrogen and oxygen atoms in total. The van der Waals surface area contributed by atoms with Crippen molar-refractivity contribution >= 4 is 5.82 Å². The molecule has 0 saturated carbocycles. The summed E-state index contributed by atoms with van der Waals surface area (Å²) in [5.41, 5.74) is 1.28. The van der Waals surface area contributed by atoms with Gasteiger partial charge >= 0.3 is 0 Å². The molecule has 17 heavy (non-hydrogen) atoms. The van der Waals surface area contributed by atoms with E-state index in [0.29, 0.717) is 0 Å². The van der Waals surface area contributed by atoms with Crippen molar-refractivity contribution in [1.29, 1.82) is 0 Å². The van der Waals surface area contributed by atoms with Crippen LogP contribution in [0.5, 0.6) is 0 Å². The smallest absolute Gasteiger partial charge is 0.133 e. The Morgan fingerprint density at radius 2 is 2.24 bits per heavy atom. The van der Waals surface area contributed by atoms with Crippen molar-refractivity contribution in [3.8, 4) is 0 Å². The van der Waals surface area contributed by atoms with E-state index in [2.05, 4.69) is 28.2 Å². The van der Waals surface area contributed by atoms with Gasteiger partial charge in [-0.1, -0.05) is 13.0 Å². The molecule has 1 saturated heterocycles. The van der Waals surface area contributed by atoms with Crippen LogP contribution in [0.15, 0.2) is 18.3 Å². The third kappa shape index (κ3) is 3.41. The van der Waals surface area contributed by atoms with Crippen LogP contribution >= 0.6 is 0 Å². The Labute approximate surface area is 103 Å². The summed E-state index contributed by atoms with van der Waals surface area (Å²) >= 11 is 0. The van der Waals surface area contributed by atoms with E-state index >= 15 is 0 Å². The van der Waals surface area contributed by atoms with Crippen LogP contribution < -0.4 is 10.2 Å². The van der Waals surface area contributed by atoms with E-state index in [1.54, 1.807) is 0 Å². The second-order valence-corrected chi connectivity index (χ2v) is 4.26. The fourth-order valence-corrected chi connectivity index (χ4v) is 2.03. The summed E-state index contributed by atoms with van der Waals surface area (Å²) in [7, 11) is 0. The van der Waals surface area contributed by atoms with E-state index in [9.17, 15) is 0 Å². The van der Waals surface area contributed by atoms with Gasteiger partial charge in [-0.2, -0.15) is 0 Å². The minimum Gasteiger partial charge on any atom is -0.378 e. The summed E-state index contributed by atoms with van der Waals surface area (Å²) in [6.45, 7) is 7.62. The molecule has 2 heterocycles. The molecule has 4 heteroatoms. The Hall–Kier alpha value is -1.13. The first kappa shape index (κ1) is 12.3. The molecule has 1 aliphatic rings. The molecule has 1 aromatic rings. The Balaban J connectivity index is 2.03. The quantitative estimate of drug-likeness (QED) is 0.783. The van der Waals surface area contributed by atoms with E-state index in [1.807, 2.05) is 12.3 Å². The van der Waals surface area contributed by atoms with Crippen molar-refractivity contribution in [2.75, 3.05) is 37.7 Å². The molecule has 2 rings (SSSR count). The lowest BCUT2D eigenvalue weighted by molar-refractivity contribution is 0.122. The number of ether oxygens (including phenoxy) is 1. The van der Waals surface area contributed by atoms with E-state index in [-0.39, 0.29) is 0 Å². The van der Waals surface area contributed by atoms with Crippen LogP contribution in [0.1, 0.15) is 18.9 Å². The van der Waals surface area contributed by atoms with Crippen molar-refractivity contribution in [1.82, 2.24) is 10.3 Å².